The first-order valence-electron chi connectivity index (χ1n) is 8.04. The maximum atomic E-state index is 13.1. The summed E-state index contributed by atoms with van der Waals surface area (Å²) in [6.45, 7) is 2.17. The van der Waals surface area contributed by atoms with Crippen molar-refractivity contribution in [3.05, 3.63) is 71.3 Å². The lowest BCUT2D eigenvalue weighted by Gasteiger charge is -2.05. The van der Waals surface area contributed by atoms with E-state index in [0.29, 0.717) is 5.75 Å². The van der Waals surface area contributed by atoms with Crippen LogP contribution in [-0.2, 0) is 0 Å². The number of hydrogen-bond acceptors (Lipinski definition) is 2. The zero-order chi connectivity index (χ0) is 17.4. The normalized spacial score (nSPS) is 11.0. The lowest BCUT2D eigenvalue weighted by atomic mass is 10.1. The Morgan fingerprint density at radius 2 is 1.79 bits per heavy atom. The topological polar surface area (TPSA) is 26.3 Å². The van der Waals surface area contributed by atoms with Gasteiger partial charge in [0.25, 0.3) is 0 Å². The summed E-state index contributed by atoms with van der Waals surface area (Å²) >= 11 is 0. The van der Waals surface area contributed by atoms with Gasteiger partial charge in [-0.3, -0.25) is 0 Å². The first-order valence-corrected chi connectivity index (χ1v) is 8.04. The Balaban J connectivity index is 1.93. The van der Waals surface area contributed by atoms with Gasteiger partial charge >= 0.3 is 5.97 Å². The summed E-state index contributed by atoms with van der Waals surface area (Å²) in [7, 11) is 0. The fourth-order valence-corrected chi connectivity index (χ4v) is 2.17. The molecule has 0 fully saturated rings. The summed E-state index contributed by atoms with van der Waals surface area (Å²) in [5.41, 5.74) is 0.980. The van der Waals surface area contributed by atoms with E-state index in [-0.39, 0.29) is 5.56 Å². The molecule has 24 heavy (non-hydrogen) atoms. The summed E-state index contributed by atoms with van der Waals surface area (Å²) in [6, 6.07) is 9.93. The highest BCUT2D eigenvalue weighted by Gasteiger charge is 2.11. The fourth-order valence-electron chi connectivity index (χ4n) is 2.17. The predicted molar refractivity (Wildman–Crippen MR) is 90.9 cm³/mol. The maximum absolute atomic E-state index is 13.1. The second-order valence-electron chi connectivity index (χ2n) is 5.49. The molecule has 0 aliphatic heterocycles. The molecule has 0 amide bonds. The number of rotatable bonds is 7. The number of carbonyl (C=O) groups excluding carboxylic acids is 1. The van der Waals surface area contributed by atoms with Crippen molar-refractivity contribution in [2.24, 2.45) is 0 Å². The number of esters is 1. The molecule has 0 saturated carbocycles. The number of carbonyl (C=O) groups is 1. The van der Waals surface area contributed by atoms with Crippen molar-refractivity contribution in [1.29, 1.82) is 0 Å². The first-order chi connectivity index (χ1) is 11.6. The van der Waals surface area contributed by atoms with Crippen LogP contribution < -0.4 is 4.74 Å². The van der Waals surface area contributed by atoms with Gasteiger partial charge in [0.1, 0.15) is 5.75 Å². The standard InChI is InChI=1S/C20H20F2O2/c1-2-3-4-5-6-7-15-8-11-17(12-9-15)24-20(23)16-10-13-18(21)19(22)14-16/h6-14H,2-5H2,1H3/b7-6+. The molecule has 126 valence electrons. The van der Waals surface area contributed by atoms with E-state index in [1.54, 1.807) is 12.1 Å². The Morgan fingerprint density at radius 3 is 2.46 bits per heavy atom. The second-order valence-corrected chi connectivity index (χ2v) is 5.49. The Kier molecular flexibility index (Phi) is 6.67. The minimum atomic E-state index is -1.08. The van der Waals surface area contributed by atoms with Gasteiger partial charge in [-0.2, -0.15) is 0 Å². The Bertz CT molecular complexity index is 706. The van der Waals surface area contributed by atoms with E-state index >= 15 is 0 Å². The number of allylic oxidation sites excluding steroid dienone is 1. The molecule has 0 heterocycles. The summed E-state index contributed by atoms with van der Waals surface area (Å²) in [5, 5.41) is 0. The van der Waals surface area contributed by atoms with Crippen LogP contribution in [0.3, 0.4) is 0 Å². The molecule has 0 aliphatic carbocycles. The fraction of sp³-hybridized carbons (Fsp3) is 0.250. The Hall–Kier alpha value is -2.49. The summed E-state index contributed by atoms with van der Waals surface area (Å²) < 4.78 is 31.2. The summed E-state index contributed by atoms with van der Waals surface area (Å²) in [5.74, 6) is -2.45. The monoisotopic (exact) mass is 330 g/mol. The zero-order valence-electron chi connectivity index (χ0n) is 13.6. The molecular formula is C20H20F2O2. The maximum Gasteiger partial charge on any atom is 0.343 e. The number of hydrogen-bond donors (Lipinski definition) is 0. The molecule has 2 aromatic carbocycles. The SMILES string of the molecule is CCCCC/C=C/c1ccc(OC(=O)c2ccc(F)c(F)c2)cc1. The minimum absolute atomic E-state index is 0.0335. The van der Waals surface area contributed by atoms with Gasteiger partial charge in [-0.25, -0.2) is 13.6 Å². The number of benzene rings is 2. The second kappa shape index (κ2) is 8.96. The van der Waals surface area contributed by atoms with Crippen LogP contribution >= 0.6 is 0 Å². The molecule has 0 radical (unpaired) electrons. The van der Waals surface area contributed by atoms with E-state index in [1.165, 1.54) is 25.3 Å². The van der Waals surface area contributed by atoms with E-state index in [4.69, 9.17) is 4.74 Å². The first kappa shape index (κ1) is 17.9. The van der Waals surface area contributed by atoms with Crippen LogP contribution in [0.4, 0.5) is 8.78 Å². The molecule has 4 heteroatoms. The predicted octanol–water partition coefficient (Wildman–Crippen LogP) is 5.78. The van der Waals surface area contributed by atoms with Crippen LogP contribution in [0.25, 0.3) is 6.08 Å². The van der Waals surface area contributed by atoms with Crippen molar-refractivity contribution in [2.45, 2.75) is 32.6 Å². The van der Waals surface area contributed by atoms with Gasteiger partial charge in [0, 0.05) is 0 Å². The van der Waals surface area contributed by atoms with Gasteiger partial charge in [-0.15, -0.1) is 0 Å². The molecular weight excluding hydrogens is 310 g/mol. The number of ether oxygens (including phenoxy) is 1. The Morgan fingerprint density at radius 1 is 1.04 bits per heavy atom. The van der Waals surface area contributed by atoms with Gasteiger partial charge in [-0.1, -0.05) is 44.1 Å². The van der Waals surface area contributed by atoms with Gasteiger partial charge in [0.2, 0.25) is 0 Å². The zero-order valence-corrected chi connectivity index (χ0v) is 13.6. The van der Waals surface area contributed by atoms with Crippen molar-refractivity contribution in [2.75, 3.05) is 0 Å². The van der Waals surface area contributed by atoms with Crippen LogP contribution in [-0.4, -0.2) is 5.97 Å². The van der Waals surface area contributed by atoms with Gasteiger partial charge < -0.3 is 4.74 Å². The molecule has 0 aliphatic rings. The van der Waals surface area contributed by atoms with E-state index in [1.807, 2.05) is 18.2 Å². The van der Waals surface area contributed by atoms with E-state index < -0.39 is 17.6 Å². The van der Waals surface area contributed by atoms with Gasteiger partial charge in [0.15, 0.2) is 11.6 Å². The highest BCUT2D eigenvalue weighted by Crippen LogP contribution is 2.17. The molecule has 0 atom stereocenters. The van der Waals surface area contributed by atoms with Crippen LogP contribution in [0.2, 0.25) is 0 Å². The van der Waals surface area contributed by atoms with Crippen LogP contribution in [0.5, 0.6) is 5.75 Å². The van der Waals surface area contributed by atoms with Crippen molar-refractivity contribution >= 4 is 12.0 Å². The quantitative estimate of drug-likeness (QED) is 0.365. The molecule has 0 saturated heterocycles. The highest BCUT2D eigenvalue weighted by atomic mass is 19.2. The lowest BCUT2D eigenvalue weighted by Crippen LogP contribution is -2.09. The third kappa shape index (κ3) is 5.30. The third-order valence-corrected chi connectivity index (χ3v) is 3.53. The van der Waals surface area contributed by atoms with E-state index in [2.05, 4.69) is 13.0 Å². The molecule has 0 aromatic heterocycles. The van der Waals surface area contributed by atoms with Crippen LogP contribution in [0.1, 0.15) is 48.5 Å². The average molecular weight is 330 g/mol. The molecule has 2 nitrogen and oxygen atoms in total. The minimum Gasteiger partial charge on any atom is -0.423 e. The van der Waals surface area contributed by atoms with Crippen molar-refractivity contribution in [3.63, 3.8) is 0 Å². The van der Waals surface area contributed by atoms with Gasteiger partial charge in [-0.05, 0) is 48.7 Å². The lowest BCUT2D eigenvalue weighted by molar-refractivity contribution is 0.0734. The summed E-state index contributed by atoms with van der Waals surface area (Å²) in [4.78, 5) is 11.9. The van der Waals surface area contributed by atoms with Crippen molar-refractivity contribution < 1.29 is 18.3 Å². The molecule has 2 aromatic rings. The molecule has 0 bridgehead atoms. The highest BCUT2D eigenvalue weighted by molar-refractivity contribution is 5.91. The average Bonchev–Trinajstić information content (AvgIpc) is 2.58. The number of unbranched alkanes of at least 4 members (excludes halogenated alkanes) is 3. The van der Waals surface area contributed by atoms with Crippen molar-refractivity contribution in [1.82, 2.24) is 0 Å². The van der Waals surface area contributed by atoms with Crippen molar-refractivity contribution in [3.8, 4) is 5.75 Å². The van der Waals surface area contributed by atoms with E-state index in [9.17, 15) is 13.6 Å². The van der Waals surface area contributed by atoms with E-state index in [0.717, 1.165) is 24.1 Å². The molecule has 2 rings (SSSR count). The number of halogens is 2. The van der Waals surface area contributed by atoms with Crippen LogP contribution in [0.15, 0.2) is 48.5 Å². The Labute approximate surface area is 140 Å². The summed E-state index contributed by atoms with van der Waals surface area (Å²) in [6.07, 6.45) is 8.79. The molecule has 0 spiro atoms. The van der Waals surface area contributed by atoms with Gasteiger partial charge in [0.05, 0.1) is 5.56 Å². The smallest absolute Gasteiger partial charge is 0.343 e. The molecule has 0 N–H and O–H groups in total. The van der Waals surface area contributed by atoms with Crippen LogP contribution in [0, 0.1) is 11.6 Å². The molecule has 0 unspecified atom stereocenters. The largest absolute Gasteiger partial charge is 0.423 e. The third-order valence-electron chi connectivity index (χ3n) is 3.53.